The number of piperidine rings is 1. The Hall–Kier alpha value is -2.43. The third-order valence-electron chi connectivity index (χ3n) is 4.06. The van der Waals surface area contributed by atoms with Crippen LogP contribution < -0.4 is 10.6 Å². The molecular weight excluding hydrogens is 276 g/mol. The lowest BCUT2D eigenvalue weighted by Crippen LogP contribution is -2.30. The number of pyridine rings is 2. The molecule has 1 fully saturated rings. The summed E-state index contributed by atoms with van der Waals surface area (Å²) in [7, 11) is 0. The third-order valence-corrected chi connectivity index (χ3v) is 4.06. The lowest BCUT2D eigenvalue weighted by Gasteiger charge is -2.28. The van der Waals surface area contributed by atoms with Crippen molar-refractivity contribution in [3.05, 3.63) is 47.3 Å². The minimum Gasteiger partial charge on any atom is -0.383 e. The van der Waals surface area contributed by atoms with Gasteiger partial charge in [0.05, 0.1) is 5.56 Å². The Morgan fingerprint density at radius 1 is 1.18 bits per heavy atom. The predicted octanol–water partition coefficient (Wildman–Crippen LogP) is 2.59. The van der Waals surface area contributed by atoms with E-state index in [9.17, 15) is 4.79 Å². The van der Waals surface area contributed by atoms with Gasteiger partial charge in [-0.2, -0.15) is 0 Å². The molecule has 0 bridgehead atoms. The minimum atomic E-state index is -0.165. The third kappa shape index (κ3) is 2.79. The Kier molecular flexibility index (Phi) is 4.04. The summed E-state index contributed by atoms with van der Waals surface area (Å²) in [4.78, 5) is 23.6. The molecule has 0 unspecified atom stereocenters. The minimum absolute atomic E-state index is 0.165. The van der Waals surface area contributed by atoms with Crippen LogP contribution in [0.3, 0.4) is 0 Å². The molecule has 0 atom stereocenters. The van der Waals surface area contributed by atoms with Crippen molar-refractivity contribution in [1.82, 2.24) is 9.97 Å². The molecule has 3 rings (SSSR count). The van der Waals surface area contributed by atoms with E-state index in [-0.39, 0.29) is 11.6 Å². The molecule has 0 radical (unpaired) electrons. The molecule has 5 nitrogen and oxygen atoms in total. The van der Waals surface area contributed by atoms with E-state index in [0.29, 0.717) is 11.3 Å². The number of nitrogen functional groups attached to an aromatic ring is 1. The predicted molar refractivity (Wildman–Crippen MR) is 87.1 cm³/mol. The first-order valence-electron chi connectivity index (χ1n) is 7.64. The van der Waals surface area contributed by atoms with Crippen molar-refractivity contribution in [3.8, 4) is 0 Å². The molecule has 2 aromatic rings. The lowest BCUT2D eigenvalue weighted by atomic mass is 10.0. The second kappa shape index (κ2) is 6.13. The van der Waals surface area contributed by atoms with E-state index in [1.54, 1.807) is 18.3 Å². The molecule has 0 spiro atoms. The monoisotopic (exact) mass is 296 g/mol. The van der Waals surface area contributed by atoms with Gasteiger partial charge in [0, 0.05) is 19.3 Å². The zero-order valence-corrected chi connectivity index (χ0v) is 12.7. The van der Waals surface area contributed by atoms with Gasteiger partial charge in [0.25, 0.3) is 0 Å². The highest BCUT2D eigenvalue weighted by molar-refractivity contribution is 6.11. The van der Waals surface area contributed by atoms with E-state index in [2.05, 4.69) is 14.9 Å². The molecule has 2 aromatic heterocycles. The summed E-state index contributed by atoms with van der Waals surface area (Å²) in [6.07, 6.45) is 5.19. The number of nitrogens with two attached hydrogens (primary N) is 1. The number of hydrogen-bond acceptors (Lipinski definition) is 5. The van der Waals surface area contributed by atoms with Gasteiger partial charge < -0.3 is 10.6 Å². The standard InChI is InChI=1S/C17H20N4O/c1-12-7-8-14(21-10-3-2-4-11-21)20-15(12)16(22)13-6-5-9-19-17(13)18/h5-9H,2-4,10-11H2,1H3,(H2,18,19). The Bertz CT molecular complexity index is 693. The largest absolute Gasteiger partial charge is 0.383 e. The number of nitrogens with zero attached hydrogens (tertiary/aromatic N) is 3. The van der Waals surface area contributed by atoms with Crippen LogP contribution in [-0.4, -0.2) is 28.8 Å². The van der Waals surface area contributed by atoms with Gasteiger partial charge in [-0.05, 0) is 49.9 Å². The van der Waals surface area contributed by atoms with Crippen LogP contribution in [0.2, 0.25) is 0 Å². The number of carbonyl (C=O) groups is 1. The summed E-state index contributed by atoms with van der Waals surface area (Å²) >= 11 is 0. The molecule has 0 aliphatic carbocycles. The van der Waals surface area contributed by atoms with Gasteiger partial charge in [0.15, 0.2) is 0 Å². The number of aryl methyl sites for hydroxylation is 1. The van der Waals surface area contributed by atoms with Crippen LogP contribution in [0.5, 0.6) is 0 Å². The van der Waals surface area contributed by atoms with Gasteiger partial charge in [-0.3, -0.25) is 4.79 Å². The first kappa shape index (κ1) is 14.5. The Balaban J connectivity index is 1.96. The van der Waals surface area contributed by atoms with Crippen LogP contribution >= 0.6 is 0 Å². The van der Waals surface area contributed by atoms with Crippen LogP contribution in [0.25, 0.3) is 0 Å². The van der Waals surface area contributed by atoms with Gasteiger partial charge in [-0.15, -0.1) is 0 Å². The van der Waals surface area contributed by atoms with Crippen LogP contribution in [0.15, 0.2) is 30.5 Å². The van der Waals surface area contributed by atoms with Crippen molar-refractivity contribution in [2.45, 2.75) is 26.2 Å². The lowest BCUT2D eigenvalue weighted by molar-refractivity contribution is 0.103. The van der Waals surface area contributed by atoms with Gasteiger partial charge in [0.2, 0.25) is 5.78 Å². The first-order valence-corrected chi connectivity index (χ1v) is 7.64. The van der Waals surface area contributed by atoms with E-state index in [1.165, 1.54) is 19.3 Å². The normalized spacial score (nSPS) is 14.9. The Labute approximate surface area is 130 Å². The quantitative estimate of drug-likeness (QED) is 0.881. The molecule has 2 N–H and O–H groups in total. The smallest absolute Gasteiger partial charge is 0.215 e. The molecule has 5 heteroatoms. The molecule has 1 aliphatic heterocycles. The SMILES string of the molecule is Cc1ccc(N2CCCCC2)nc1C(=O)c1cccnc1N. The van der Waals surface area contributed by atoms with Gasteiger partial charge in [-0.1, -0.05) is 6.07 Å². The van der Waals surface area contributed by atoms with Crippen molar-refractivity contribution in [3.63, 3.8) is 0 Å². The average molecular weight is 296 g/mol. The highest BCUT2D eigenvalue weighted by Crippen LogP contribution is 2.22. The van der Waals surface area contributed by atoms with Crippen molar-refractivity contribution < 1.29 is 4.79 Å². The summed E-state index contributed by atoms with van der Waals surface area (Å²) in [5.41, 5.74) is 7.55. The van der Waals surface area contributed by atoms with Gasteiger partial charge in [0.1, 0.15) is 17.3 Å². The summed E-state index contributed by atoms with van der Waals surface area (Å²) in [5, 5.41) is 0. The van der Waals surface area contributed by atoms with E-state index >= 15 is 0 Å². The van der Waals surface area contributed by atoms with E-state index in [1.807, 2.05) is 19.1 Å². The fraction of sp³-hybridized carbons (Fsp3) is 0.353. The van der Waals surface area contributed by atoms with Crippen LogP contribution in [0, 0.1) is 6.92 Å². The highest BCUT2D eigenvalue weighted by Gasteiger charge is 2.19. The van der Waals surface area contributed by atoms with Gasteiger partial charge in [-0.25, -0.2) is 9.97 Å². The molecule has 0 saturated carbocycles. The summed E-state index contributed by atoms with van der Waals surface area (Å²) in [6, 6.07) is 7.35. The van der Waals surface area contributed by atoms with E-state index < -0.39 is 0 Å². The van der Waals surface area contributed by atoms with Crippen LogP contribution in [-0.2, 0) is 0 Å². The number of carbonyl (C=O) groups excluding carboxylic acids is 1. The zero-order valence-electron chi connectivity index (χ0n) is 12.7. The molecule has 0 aromatic carbocycles. The molecule has 1 saturated heterocycles. The molecule has 1 aliphatic rings. The molecule has 114 valence electrons. The maximum atomic E-state index is 12.7. The summed E-state index contributed by atoms with van der Waals surface area (Å²) in [6.45, 7) is 3.89. The van der Waals surface area contributed by atoms with Crippen LogP contribution in [0.4, 0.5) is 11.6 Å². The highest BCUT2D eigenvalue weighted by atomic mass is 16.1. The van der Waals surface area contributed by atoms with Crippen LogP contribution in [0.1, 0.15) is 40.9 Å². The number of aromatic nitrogens is 2. The van der Waals surface area contributed by atoms with Crippen molar-refractivity contribution >= 4 is 17.4 Å². The fourth-order valence-corrected chi connectivity index (χ4v) is 2.78. The number of rotatable bonds is 3. The summed E-state index contributed by atoms with van der Waals surface area (Å²) < 4.78 is 0. The maximum Gasteiger partial charge on any atom is 0.215 e. The summed E-state index contributed by atoms with van der Waals surface area (Å²) in [5.74, 6) is 0.954. The Morgan fingerprint density at radius 3 is 2.68 bits per heavy atom. The number of hydrogen-bond donors (Lipinski definition) is 1. The molecule has 22 heavy (non-hydrogen) atoms. The van der Waals surface area contributed by atoms with Gasteiger partial charge >= 0.3 is 0 Å². The topological polar surface area (TPSA) is 72.1 Å². The number of ketones is 1. The molecular formula is C17H20N4O. The van der Waals surface area contributed by atoms with Crippen molar-refractivity contribution in [1.29, 1.82) is 0 Å². The van der Waals surface area contributed by atoms with E-state index in [4.69, 9.17) is 5.73 Å². The average Bonchev–Trinajstić information content (AvgIpc) is 2.56. The second-order valence-corrected chi connectivity index (χ2v) is 5.65. The number of anilines is 2. The second-order valence-electron chi connectivity index (χ2n) is 5.65. The van der Waals surface area contributed by atoms with Crippen molar-refractivity contribution in [2.24, 2.45) is 0 Å². The maximum absolute atomic E-state index is 12.7. The fourth-order valence-electron chi connectivity index (χ4n) is 2.78. The first-order chi connectivity index (χ1) is 10.7. The molecule has 0 amide bonds. The Morgan fingerprint density at radius 2 is 1.95 bits per heavy atom. The molecule has 3 heterocycles. The van der Waals surface area contributed by atoms with E-state index in [0.717, 1.165) is 24.5 Å². The van der Waals surface area contributed by atoms with Crippen molar-refractivity contribution in [2.75, 3.05) is 23.7 Å². The zero-order chi connectivity index (χ0) is 15.5.